The van der Waals surface area contributed by atoms with Crippen LogP contribution in [0.3, 0.4) is 0 Å². The summed E-state index contributed by atoms with van der Waals surface area (Å²) >= 11 is 0. The Morgan fingerprint density at radius 2 is 1.32 bits per heavy atom. The van der Waals surface area contributed by atoms with E-state index in [0.29, 0.717) is 12.3 Å². The van der Waals surface area contributed by atoms with Crippen LogP contribution in [0.25, 0.3) is 5.57 Å². The molecule has 3 rings (SSSR count). The summed E-state index contributed by atoms with van der Waals surface area (Å²) in [5, 5.41) is 19.3. The Hall–Kier alpha value is -2.55. The summed E-state index contributed by atoms with van der Waals surface area (Å²) in [5.41, 5.74) is 4.22. The highest BCUT2D eigenvalue weighted by molar-refractivity contribution is 5.88. The van der Waals surface area contributed by atoms with E-state index in [4.69, 9.17) is 0 Å². The molecule has 0 bridgehead atoms. The first-order chi connectivity index (χ1) is 12.0. The molecule has 3 heteroatoms. The van der Waals surface area contributed by atoms with Crippen LogP contribution in [-0.2, 0) is 4.79 Å². The Morgan fingerprint density at radius 1 is 0.880 bits per heavy atom. The summed E-state index contributed by atoms with van der Waals surface area (Å²) < 4.78 is 0. The van der Waals surface area contributed by atoms with Crippen molar-refractivity contribution in [2.45, 2.75) is 39.0 Å². The predicted molar refractivity (Wildman–Crippen MR) is 99.5 cm³/mol. The quantitative estimate of drug-likeness (QED) is 0.801. The third kappa shape index (κ3) is 4.11. The first kappa shape index (κ1) is 17.3. The van der Waals surface area contributed by atoms with Crippen LogP contribution >= 0.6 is 0 Å². The van der Waals surface area contributed by atoms with E-state index in [1.807, 2.05) is 24.3 Å². The monoisotopic (exact) mass is 336 g/mol. The van der Waals surface area contributed by atoms with Crippen LogP contribution in [0.2, 0.25) is 0 Å². The van der Waals surface area contributed by atoms with Crippen LogP contribution in [-0.4, -0.2) is 16.0 Å². The molecular formula is C22H24O3. The Kier molecular flexibility index (Phi) is 5.22. The molecule has 0 atom stereocenters. The van der Waals surface area contributed by atoms with Crippen molar-refractivity contribution in [2.75, 3.05) is 0 Å². The van der Waals surface area contributed by atoms with Gasteiger partial charge in [0.05, 0.1) is 0 Å². The minimum Gasteiger partial charge on any atom is -0.508 e. The molecule has 0 spiro atoms. The maximum atomic E-state index is 12.0. The molecular weight excluding hydrogens is 312 g/mol. The molecule has 0 aliphatic heterocycles. The van der Waals surface area contributed by atoms with Crippen LogP contribution in [0, 0.1) is 5.92 Å². The Morgan fingerprint density at radius 3 is 1.72 bits per heavy atom. The maximum absolute atomic E-state index is 12.0. The van der Waals surface area contributed by atoms with Gasteiger partial charge in [0, 0.05) is 6.42 Å². The first-order valence-electron chi connectivity index (χ1n) is 8.86. The van der Waals surface area contributed by atoms with Crippen molar-refractivity contribution >= 4 is 11.4 Å². The number of phenolic OH excluding ortho intramolecular Hbond substituents is 2. The van der Waals surface area contributed by atoms with E-state index in [-0.39, 0.29) is 17.3 Å². The first-order valence-corrected chi connectivity index (χ1v) is 8.86. The molecule has 1 saturated carbocycles. The van der Waals surface area contributed by atoms with E-state index in [9.17, 15) is 15.0 Å². The number of benzene rings is 2. The molecule has 0 saturated heterocycles. The second-order valence-corrected chi connectivity index (χ2v) is 6.85. The molecule has 1 fully saturated rings. The smallest absolute Gasteiger partial charge is 0.133 e. The molecule has 2 aromatic carbocycles. The van der Waals surface area contributed by atoms with Gasteiger partial charge in [-0.2, -0.15) is 0 Å². The van der Waals surface area contributed by atoms with Crippen LogP contribution in [0.4, 0.5) is 0 Å². The largest absolute Gasteiger partial charge is 0.508 e. The van der Waals surface area contributed by atoms with Crippen molar-refractivity contribution in [3.63, 3.8) is 0 Å². The lowest BCUT2D eigenvalue weighted by Gasteiger charge is -2.21. The minimum absolute atomic E-state index is 0.164. The van der Waals surface area contributed by atoms with Gasteiger partial charge in [0.1, 0.15) is 17.3 Å². The van der Waals surface area contributed by atoms with E-state index in [2.05, 4.69) is 0 Å². The molecule has 130 valence electrons. The Bertz CT molecular complexity index is 716. The van der Waals surface area contributed by atoms with Crippen LogP contribution in [0.1, 0.15) is 50.2 Å². The second kappa shape index (κ2) is 7.56. The highest BCUT2D eigenvalue weighted by Gasteiger charge is 2.24. The molecule has 1 aliphatic carbocycles. The summed E-state index contributed by atoms with van der Waals surface area (Å²) in [5.74, 6) is 1.03. The van der Waals surface area contributed by atoms with Gasteiger partial charge in [0.2, 0.25) is 0 Å². The molecule has 0 unspecified atom stereocenters. The molecule has 3 nitrogen and oxygen atoms in total. The lowest BCUT2D eigenvalue weighted by molar-refractivity contribution is -0.116. The highest BCUT2D eigenvalue weighted by atomic mass is 16.3. The molecule has 0 amide bonds. The van der Waals surface area contributed by atoms with Gasteiger partial charge in [0.15, 0.2) is 0 Å². The number of Topliss-reactive ketones (excluding diaryl/α,β-unsaturated/α-hetero) is 1. The zero-order chi connectivity index (χ0) is 17.8. The number of hydrogen-bond donors (Lipinski definition) is 2. The fraction of sp³-hybridized carbons (Fsp3) is 0.318. The normalized spacial score (nSPS) is 14.4. The number of rotatable bonds is 5. The molecule has 2 aromatic rings. The second-order valence-electron chi connectivity index (χ2n) is 6.85. The molecule has 0 aromatic heterocycles. The summed E-state index contributed by atoms with van der Waals surface area (Å²) in [4.78, 5) is 12.0. The standard InChI is InChI=1S/C22H24O3/c1-15(23)14-21(16-4-2-3-5-16)22(17-6-10-19(24)11-7-17)18-8-12-20(25)13-9-18/h6-13,16,24-25H,2-5,14H2,1H3. The Labute approximate surface area is 148 Å². The van der Waals surface area contributed by atoms with E-state index in [1.165, 1.54) is 18.4 Å². The van der Waals surface area contributed by atoms with Crippen molar-refractivity contribution in [3.05, 3.63) is 65.2 Å². The summed E-state index contributed by atoms with van der Waals surface area (Å²) in [6.45, 7) is 1.64. The van der Waals surface area contributed by atoms with Gasteiger partial charge in [0.25, 0.3) is 0 Å². The maximum Gasteiger partial charge on any atom is 0.133 e. The van der Waals surface area contributed by atoms with E-state index in [0.717, 1.165) is 29.5 Å². The molecule has 1 aliphatic rings. The fourth-order valence-corrected chi connectivity index (χ4v) is 3.77. The number of aromatic hydroxyl groups is 2. The van der Waals surface area contributed by atoms with Gasteiger partial charge >= 0.3 is 0 Å². The Balaban J connectivity index is 2.19. The van der Waals surface area contributed by atoms with E-state index >= 15 is 0 Å². The molecule has 0 radical (unpaired) electrons. The molecule has 2 N–H and O–H groups in total. The summed E-state index contributed by atoms with van der Waals surface area (Å²) in [6, 6.07) is 14.3. The van der Waals surface area contributed by atoms with Crippen molar-refractivity contribution in [1.82, 2.24) is 0 Å². The van der Waals surface area contributed by atoms with Crippen LogP contribution in [0.15, 0.2) is 54.1 Å². The lowest BCUT2D eigenvalue weighted by Crippen LogP contribution is -2.08. The van der Waals surface area contributed by atoms with Gasteiger partial charge in [-0.05, 0) is 66.6 Å². The van der Waals surface area contributed by atoms with Gasteiger partial charge in [-0.3, -0.25) is 4.79 Å². The molecule has 25 heavy (non-hydrogen) atoms. The summed E-state index contributed by atoms with van der Waals surface area (Å²) in [7, 11) is 0. The van der Waals surface area contributed by atoms with Gasteiger partial charge in [-0.25, -0.2) is 0 Å². The van der Waals surface area contributed by atoms with E-state index in [1.54, 1.807) is 31.2 Å². The average Bonchev–Trinajstić information content (AvgIpc) is 3.11. The molecule has 0 heterocycles. The number of carbonyl (C=O) groups is 1. The number of allylic oxidation sites excluding steroid dienone is 1. The number of hydrogen-bond acceptors (Lipinski definition) is 3. The number of ketones is 1. The number of phenols is 2. The SMILES string of the molecule is CC(=O)CC(=C(c1ccc(O)cc1)c1ccc(O)cc1)C1CCCC1. The average molecular weight is 336 g/mol. The fourth-order valence-electron chi connectivity index (χ4n) is 3.77. The number of carbonyl (C=O) groups excluding carboxylic acids is 1. The van der Waals surface area contributed by atoms with Crippen molar-refractivity contribution < 1.29 is 15.0 Å². The zero-order valence-electron chi connectivity index (χ0n) is 14.5. The zero-order valence-corrected chi connectivity index (χ0v) is 14.5. The predicted octanol–water partition coefficient (Wildman–Crippen LogP) is 5.07. The summed E-state index contributed by atoms with van der Waals surface area (Å²) in [6.07, 6.45) is 5.07. The van der Waals surface area contributed by atoms with Crippen molar-refractivity contribution in [1.29, 1.82) is 0 Å². The van der Waals surface area contributed by atoms with E-state index < -0.39 is 0 Å². The van der Waals surface area contributed by atoms with Crippen molar-refractivity contribution in [2.24, 2.45) is 5.92 Å². The minimum atomic E-state index is 0.164. The van der Waals surface area contributed by atoms with Gasteiger partial charge in [-0.1, -0.05) is 42.7 Å². The van der Waals surface area contributed by atoms with Crippen LogP contribution in [0.5, 0.6) is 11.5 Å². The van der Waals surface area contributed by atoms with Gasteiger partial charge < -0.3 is 10.2 Å². The highest BCUT2D eigenvalue weighted by Crippen LogP contribution is 2.40. The van der Waals surface area contributed by atoms with Crippen LogP contribution < -0.4 is 0 Å². The van der Waals surface area contributed by atoms with Crippen molar-refractivity contribution in [3.8, 4) is 11.5 Å². The third-order valence-corrected chi connectivity index (χ3v) is 4.92. The topological polar surface area (TPSA) is 57.5 Å². The van der Waals surface area contributed by atoms with Gasteiger partial charge in [-0.15, -0.1) is 0 Å². The lowest BCUT2D eigenvalue weighted by atomic mass is 9.83. The third-order valence-electron chi connectivity index (χ3n) is 4.92.